The molecule has 1 saturated carbocycles. The molecule has 1 fully saturated rings. The van der Waals surface area contributed by atoms with Crippen LogP contribution in [0.1, 0.15) is 30.4 Å². The summed E-state index contributed by atoms with van der Waals surface area (Å²) in [6.07, 6.45) is 1.37. The van der Waals surface area contributed by atoms with Gasteiger partial charge in [0.05, 0.1) is 6.10 Å². The van der Waals surface area contributed by atoms with Gasteiger partial charge in [0.25, 0.3) is 0 Å². The van der Waals surface area contributed by atoms with Gasteiger partial charge in [0.15, 0.2) is 0 Å². The molecule has 0 bridgehead atoms. The second-order valence-electron chi connectivity index (χ2n) is 4.00. The summed E-state index contributed by atoms with van der Waals surface area (Å²) in [7, 11) is 0. The van der Waals surface area contributed by atoms with Crippen molar-refractivity contribution in [2.24, 2.45) is 11.7 Å². The zero-order valence-corrected chi connectivity index (χ0v) is 8.27. The Kier molecular flexibility index (Phi) is 2.52. The highest BCUT2D eigenvalue weighted by Gasteiger charge is 2.34. The summed E-state index contributed by atoms with van der Waals surface area (Å²) >= 11 is 0. The SMILES string of the molecule is Cc1n[nH]c([C@H]2C[C@H](CN)[C@H](O)C2)n1. The lowest BCUT2D eigenvalue weighted by Crippen LogP contribution is -2.21. The van der Waals surface area contributed by atoms with Gasteiger partial charge < -0.3 is 10.8 Å². The van der Waals surface area contributed by atoms with Gasteiger partial charge in [-0.05, 0) is 32.2 Å². The van der Waals surface area contributed by atoms with Gasteiger partial charge in [0, 0.05) is 5.92 Å². The zero-order valence-electron chi connectivity index (χ0n) is 8.27. The Hall–Kier alpha value is -0.940. The molecule has 0 amide bonds. The minimum Gasteiger partial charge on any atom is -0.393 e. The van der Waals surface area contributed by atoms with Crippen LogP contribution in [-0.4, -0.2) is 32.9 Å². The third-order valence-electron chi connectivity index (χ3n) is 2.96. The molecule has 1 aliphatic carbocycles. The van der Waals surface area contributed by atoms with Crippen molar-refractivity contribution in [2.45, 2.75) is 31.8 Å². The van der Waals surface area contributed by atoms with Crippen LogP contribution in [0, 0.1) is 12.8 Å². The number of H-pyrrole nitrogens is 1. The van der Waals surface area contributed by atoms with Gasteiger partial charge in [-0.25, -0.2) is 4.98 Å². The quantitative estimate of drug-likeness (QED) is 0.617. The van der Waals surface area contributed by atoms with Crippen molar-refractivity contribution < 1.29 is 5.11 Å². The Balaban J connectivity index is 2.08. The summed E-state index contributed by atoms with van der Waals surface area (Å²) in [5.41, 5.74) is 5.56. The topological polar surface area (TPSA) is 87.8 Å². The fourth-order valence-electron chi connectivity index (χ4n) is 2.12. The van der Waals surface area contributed by atoms with E-state index in [9.17, 15) is 5.11 Å². The molecule has 0 aliphatic heterocycles. The minimum absolute atomic E-state index is 0.213. The first kappa shape index (κ1) is 9.61. The molecule has 1 heterocycles. The molecule has 0 unspecified atom stereocenters. The van der Waals surface area contributed by atoms with Gasteiger partial charge >= 0.3 is 0 Å². The Morgan fingerprint density at radius 1 is 1.57 bits per heavy atom. The number of hydrogen-bond donors (Lipinski definition) is 3. The van der Waals surface area contributed by atoms with E-state index < -0.39 is 0 Å². The zero-order chi connectivity index (χ0) is 10.1. The maximum absolute atomic E-state index is 9.69. The second kappa shape index (κ2) is 3.67. The molecule has 1 aliphatic rings. The van der Waals surface area contributed by atoms with E-state index in [0.717, 1.165) is 24.5 Å². The van der Waals surface area contributed by atoms with Gasteiger partial charge in [0.1, 0.15) is 11.6 Å². The van der Waals surface area contributed by atoms with Crippen LogP contribution in [0.15, 0.2) is 0 Å². The lowest BCUT2D eigenvalue weighted by molar-refractivity contribution is 0.136. The summed E-state index contributed by atoms with van der Waals surface area (Å²) in [6.45, 7) is 2.40. The summed E-state index contributed by atoms with van der Waals surface area (Å²) in [5, 5.41) is 16.6. The van der Waals surface area contributed by atoms with Crippen molar-refractivity contribution in [3.63, 3.8) is 0 Å². The number of nitrogens with one attached hydrogen (secondary N) is 1. The van der Waals surface area contributed by atoms with Crippen LogP contribution in [0.25, 0.3) is 0 Å². The van der Waals surface area contributed by atoms with Crippen LogP contribution >= 0.6 is 0 Å². The van der Waals surface area contributed by atoms with Crippen molar-refractivity contribution in [1.29, 1.82) is 0 Å². The molecule has 0 radical (unpaired) electrons. The van der Waals surface area contributed by atoms with Crippen LogP contribution in [0.2, 0.25) is 0 Å². The van der Waals surface area contributed by atoms with E-state index in [0.29, 0.717) is 12.5 Å². The molecule has 2 rings (SSSR count). The van der Waals surface area contributed by atoms with E-state index in [4.69, 9.17) is 5.73 Å². The predicted molar refractivity (Wildman–Crippen MR) is 51.6 cm³/mol. The Morgan fingerprint density at radius 2 is 2.36 bits per heavy atom. The van der Waals surface area contributed by atoms with E-state index in [1.54, 1.807) is 0 Å². The number of hydrogen-bond acceptors (Lipinski definition) is 4. The van der Waals surface area contributed by atoms with Gasteiger partial charge in [-0.15, -0.1) is 0 Å². The van der Waals surface area contributed by atoms with Crippen LogP contribution < -0.4 is 5.73 Å². The van der Waals surface area contributed by atoms with E-state index in [1.807, 2.05) is 6.92 Å². The molecule has 5 heteroatoms. The number of aryl methyl sites for hydroxylation is 1. The molecule has 3 atom stereocenters. The first-order valence-electron chi connectivity index (χ1n) is 4.97. The number of nitrogens with two attached hydrogens (primary N) is 1. The largest absolute Gasteiger partial charge is 0.393 e. The molecular formula is C9H16N4O. The third kappa shape index (κ3) is 1.65. The minimum atomic E-state index is -0.282. The summed E-state index contributed by atoms with van der Waals surface area (Å²) < 4.78 is 0. The maximum Gasteiger partial charge on any atom is 0.147 e. The fraction of sp³-hybridized carbons (Fsp3) is 0.778. The number of rotatable bonds is 2. The summed E-state index contributed by atoms with van der Waals surface area (Å²) in [5.74, 6) is 2.15. The van der Waals surface area contributed by atoms with Crippen molar-refractivity contribution >= 4 is 0 Å². The van der Waals surface area contributed by atoms with E-state index in [1.165, 1.54) is 0 Å². The van der Waals surface area contributed by atoms with Crippen LogP contribution in [-0.2, 0) is 0 Å². The van der Waals surface area contributed by atoms with Crippen molar-refractivity contribution in [1.82, 2.24) is 15.2 Å². The van der Waals surface area contributed by atoms with Gasteiger partial charge in [0.2, 0.25) is 0 Å². The van der Waals surface area contributed by atoms with E-state index in [-0.39, 0.29) is 12.0 Å². The molecule has 1 aromatic heterocycles. The molecule has 4 N–H and O–H groups in total. The number of aliphatic hydroxyl groups is 1. The average Bonchev–Trinajstić information content (AvgIpc) is 2.71. The fourth-order valence-corrected chi connectivity index (χ4v) is 2.12. The standard InChI is InChI=1S/C9H16N4O/c1-5-11-9(13-12-5)6-2-7(4-10)8(14)3-6/h6-8,14H,2-4,10H2,1H3,(H,11,12,13)/t6-,7+,8+/m0/s1. The first-order valence-corrected chi connectivity index (χ1v) is 4.97. The molecular weight excluding hydrogens is 180 g/mol. The monoisotopic (exact) mass is 196 g/mol. The number of nitrogens with zero attached hydrogens (tertiary/aromatic N) is 2. The van der Waals surface area contributed by atoms with Crippen molar-refractivity contribution in [3.05, 3.63) is 11.6 Å². The highest BCUT2D eigenvalue weighted by Crippen LogP contribution is 2.36. The van der Waals surface area contributed by atoms with Gasteiger partial charge in [-0.3, -0.25) is 5.10 Å². The molecule has 78 valence electrons. The Labute approximate surface area is 82.7 Å². The predicted octanol–water partition coefficient (Wildman–Crippen LogP) is -0.0737. The molecule has 0 aromatic carbocycles. The number of aliphatic hydroxyl groups excluding tert-OH is 1. The summed E-state index contributed by atoms with van der Waals surface area (Å²) in [6, 6.07) is 0. The van der Waals surface area contributed by atoms with Gasteiger partial charge in [-0.1, -0.05) is 0 Å². The highest BCUT2D eigenvalue weighted by atomic mass is 16.3. The normalized spacial score (nSPS) is 32.4. The highest BCUT2D eigenvalue weighted by molar-refractivity contribution is 5.03. The Bertz CT molecular complexity index is 312. The second-order valence-corrected chi connectivity index (χ2v) is 4.00. The van der Waals surface area contributed by atoms with Crippen LogP contribution in [0.4, 0.5) is 0 Å². The lowest BCUT2D eigenvalue weighted by atomic mass is 10.0. The summed E-state index contributed by atoms with van der Waals surface area (Å²) in [4.78, 5) is 4.28. The van der Waals surface area contributed by atoms with Crippen LogP contribution in [0.5, 0.6) is 0 Å². The molecule has 0 spiro atoms. The third-order valence-corrected chi connectivity index (χ3v) is 2.96. The van der Waals surface area contributed by atoms with Crippen molar-refractivity contribution in [2.75, 3.05) is 6.54 Å². The first-order chi connectivity index (χ1) is 6.70. The molecule has 5 nitrogen and oxygen atoms in total. The number of aromatic amines is 1. The number of aromatic nitrogens is 3. The van der Waals surface area contributed by atoms with E-state index >= 15 is 0 Å². The molecule has 0 saturated heterocycles. The van der Waals surface area contributed by atoms with E-state index in [2.05, 4.69) is 15.2 Å². The maximum atomic E-state index is 9.69. The molecule has 14 heavy (non-hydrogen) atoms. The molecule has 1 aromatic rings. The average molecular weight is 196 g/mol. The van der Waals surface area contributed by atoms with Gasteiger partial charge in [-0.2, -0.15) is 5.10 Å². The lowest BCUT2D eigenvalue weighted by Gasteiger charge is -2.09. The smallest absolute Gasteiger partial charge is 0.147 e. The Morgan fingerprint density at radius 3 is 2.86 bits per heavy atom. The van der Waals surface area contributed by atoms with Crippen molar-refractivity contribution in [3.8, 4) is 0 Å². The van der Waals surface area contributed by atoms with Crippen LogP contribution in [0.3, 0.4) is 0 Å².